The van der Waals surface area contributed by atoms with Crippen LogP contribution in [0.4, 0.5) is 4.39 Å². The van der Waals surface area contributed by atoms with E-state index in [-0.39, 0.29) is 5.82 Å². The molecule has 1 N–H and O–H groups in total. The highest BCUT2D eigenvalue weighted by molar-refractivity contribution is 5.28. The van der Waals surface area contributed by atoms with E-state index >= 15 is 0 Å². The first kappa shape index (κ1) is 10.3. The maximum Gasteiger partial charge on any atom is 0.126 e. The van der Waals surface area contributed by atoms with Gasteiger partial charge in [-0.2, -0.15) is 0 Å². The average Bonchev–Trinajstić information content (AvgIpc) is 2.66. The van der Waals surface area contributed by atoms with Crippen LogP contribution in [0.1, 0.15) is 36.3 Å². The van der Waals surface area contributed by atoms with E-state index in [4.69, 9.17) is 0 Å². The van der Waals surface area contributed by atoms with Gasteiger partial charge in [-0.15, -0.1) is 0 Å². The Labute approximate surface area is 96.1 Å². The van der Waals surface area contributed by atoms with E-state index in [1.807, 2.05) is 19.1 Å². The van der Waals surface area contributed by atoms with Gasteiger partial charge in [0.1, 0.15) is 5.82 Å². The predicted octanol–water partition coefficient (Wildman–Crippen LogP) is 2.99. The zero-order chi connectivity index (χ0) is 11.2. The second-order valence-corrected chi connectivity index (χ2v) is 5.55. The topological polar surface area (TPSA) is 12.0 Å². The third-order valence-electron chi connectivity index (χ3n) is 4.36. The fourth-order valence-corrected chi connectivity index (χ4v) is 3.21. The van der Waals surface area contributed by atoms with Gasteiger partial charge in [-0.1, -0.05) is 12.1 Å². The van der Waals surface area contributed by atoms with Gasteiger partial charge < -0.3 is 5.32 Å². The summed E-state index contributed by atoms with van der Waals surface area (Å²) in [5.41, 5.74) is 2.69. The van der Waals surface area contributed by atoms with Gasteiger partial charge in [0, 0.05) is 13.1 Å². The van der Waals surface area contributed by atoms with Crippen LogP contribution in [0.15, 0.2) is 18.2 Å². The van der Waals surface area contributed by atoms with Gasteiger partial charge in [0.15, 0.2) is 0 Å². The molecule has 2 aliphatic rings. The minimum absolute atomic E-state index is 0.0817. The SMILES string of the molecule is Cc1cc(C2CCC3(CNC3)C2)ccc1F. The zero-order valence-electron chi connectivity index (χ0n) is 9.72. The maximum atomic E-state index is 13.2. The Bertz CT molecular complexity index is 409. The minimum Gasteiger partial charge on any atom is -0.316 e. The molecule has 2 heteroatoms. The standard InChI is InChI=1S/C14H18FN/c1-10-6-11(2-3-13(10)15)12-4-5-14(7-12)8-16-9-14/h2-3,6,12,16H,4-5,7-9H2,1H3. The molecule has 1 nitrogen and oxygen atoms in total. The number of rotatable bonds is 1. The van der Waals surface area contributed by atoms with Crippen molar-refractivity contribution in [1.82, 2.24) is 5.32 Å². The first-order chi connectivity index (χ1) is 7.69. The number of hydrogen-bond donors (Lipinski definition) is 1. The number of halogens is 1. The molecule has 1 saturated heterocycles. The summed E-state index contributed by atoms with van der Waals surface area (Å²) in [5.74, 6) is 0.572. The van der Waals surface area contributed by atoms with E-state index < -0.39 is 0 Å². The summed E-state index contributed by atoms with van der Waals surface area (Å²) < 4.78 is 13.2. The molecule has 3 rings (SSSR count). The summed E-state index contributed by atoms with van der Waals surface area (Å²) in [6, 6.07) is 5.62. The number of hydrogen-bond acceptors (Lipinski definition) is 1. The second kappa shape index (κ2) is 3.56. The van der Waals surface area contributed by atoms with Crippen molar-refractivity contribution in [3.8, 4) is 0 Å². The highest BCUT2D eigenvalue weighted by Gasteiger charge is 2.43. The summed E-state index contributed by atoms with van der Waals surface area (Å²) in [4.78, 5) is 0. The number of aryl methyl sites for hydroxylation is 1. The van der Waals surface area contributed by atoms with Crippen LogP contribution in [-0.4, -0.2) is 13.1 Å². The Kier molecular flexibility index (Phi) is 2.28. The molecule has 0 aromatic heterocycles. The Hall–Kier alpha value is -0.890. The molecule has 1 aliphatic carbocycles. The fourth-order valence-electron chi connectivity index (χ4n) is 3.21. The molecule has 1 heterocycles. The number of nitrogens with one attached hydrogen (secondary N) is 1. The van der Waals surface area contributed by atoms with Crippen LogP contribution >= 0.6 is 0 Å². The van der Waals surface area contributed by atoms with Gasteiger partial charge in [-0.3, -0.25) is 0 Å². The van der Waals surface area contributed by atoms with Crippen molar-refractivity contribution < 1.29 is 4.39 Å². The van der Waals surface area contributed by atoms with Gasteiger partial charge >= 0.3 is 0 Å². The molecule has 1 aromatic carbocycles. The molecular formula is C14H18FN. The molecular weight excluding hydrogens is 201 g/mol. The van der Waals surface area contributed by atoms with Crippen LogP contribution in [0.2, 0.25) is 0 Å². The lowest BCUT2D eigenvalue weighted by atomic mass is 9.79. The summed E-state index contributed by atoms with van der Waals surface area (Å²) in [6.07, 6.45) is 3.89. The largest absolute Gasteiger partial charge is 0.316 e. The Morgan fingerprint density at radius 3 is 2.75 bits per heavy atom. The molecule has 1 atom stereocenters. The molecule has 1 saturated carbocycles. The van der Waals surface area contributed by atoms with E-state index in [0.29, 0.717) is 11.3 Å². The van der Waals surface area contributed by atoms with Gasteiger partial charge in [0.05, 0.1) is 0 Å². The third kappa shape index (κ3) is 1.56. The molecule has 1 aromatic rings. The molecule has 16 heavy (non-hydrogen) atoms. The van der Waals surface area contributed by atoms with E-state index in [1.54, 1.807) is 6.07 Å². The molecule has 1 spiro atoms. The van der Waals surface area contributed by atoms with E-state index in [0.717, 1.165) is 5.56 Å². The van der Waals surface area contributed by atoms with Crippen LogP contribution in [0.25, 0.3) is 0 Å². The van der Waals surface area contributed by atoms with Crippen LogP contribution in [0.3, 0.4) is 0 Å². The van der Waals surface area contributed by atoms with Crippen LogP contribution < -0.4 is 5.32 Å². The Morgan fingerprint density at radius 1 is 1.38 bits per heavy atom. The third-order valence-corrected chi connectivity index (χ3v) is 4.36. The molecule has 1 aliphatic heterocycles. The fraction of sp³-hybridized carbons (Fsp3) is 0.571. The summed E-state index contributed by atoms with van der Waals surface area (Å²) in [6.45, 7) is 4.22. The monoisotopic (exact) mass is 219 g/mol. The van der Waals surface area contributed by atoms with Gasteiger partial charge in [-0.05, 0) is 54.7 Å². The van der Waals surface area contributed by atoms with Crippen molar-refractivity contribution in [2.45, 2.75) is 32.1 Å². The molecule has 0 radical (unpaired) electrons. The summed E-state index contributed by atoms with van der Waals surface area (Å²) in [5, 5.41) is 3.38. The summed E-state index contributed by atoms with van der Waals surface area (Å²) >= 11 is 0. The van der Waals surface area contributed by atoms with Crippen LogP contribution in [0.5, 0.6) is 0 Å². The molecule has 0 amide bonds. The first-order valence-electron chi connectivity index (χ1n) is 6.15. The molecule has 0 bridgehead atoms. The molecule has 1 unspecified atom stereocenters. The van der Waals surface area contributed by atoms with E-state index in [1.165, 1.54) is 37.9 Å². The Morgan fingerprint density at radius 2 is 2.19 bits per heavy atom. The van der Waals surface area contributed by atoms with Crippen molar-refractivity contribution >= 4 is 0 Å². The van der Waals surface area contributed by atoms with Crippen molar-refractivity contribution in [1.29, 1.82) is 0 Å². The number of benzene rings is 1. The molecule has 2 fully saturated rings. The summed E-state index contributed by atoms with van der Waals surface area (Å²) in [7, 11) is 0. The normalized spacial score (nSPS) is 27.0. The molecule has 86 valence electrons. The smallest absolute Gasteiger partial charge is 0.126 e. The van der Waals surface area contributed by atoms with Crippen molar-refractivity contribution in [3.05, 3.63) is 35.1 Å². The Balaban J connectivity index is 1.80. The lowest BCUT2D eigenvalue weighted by molar-refractivity contribution is 0.175. The highest BCUT2D eigenvalue weighted by Crippen LogP contribution is 2.48. The van der Waals surface area contributed by atoms with Gasteiger partial charge in [0.25, 0.3) is 0 Å². The lowest BCUT2D eigenvalue weighted by Gasteiger charge is -2.39. The van der Waals surface area contributed by atoms with Crippen molar-refractivity contribution in [3.63, 3.8) is 0 Å². The highest BCUT2D eigenvalue weighted by atomic mass is 19.1. The van der Waals surface area contributed by atoms with Gasteiger partial charge in [0.2, 0.25) is 0 Å². The van der Waals surface area contributed by atoms with Crippen molar-refractivity contribution in [2.24, 2.45) is 5.41 Å². The lowest BCUT2D eigenvalue weighted by Crippen LogP contribution is -2.51. The minimum atomic E-state index is -0.0817. The predicted molar refractivity (Wildman–Crippen MR) is 63.0 cm³/mol. The van der Waals surface area contributed by atoms with Crippen LogP contribution in [-0.2, 0) is 0 Å². The second-order valence-electron chi connectivity index (χ2n) is 5.55. The quantitative estimate of drug-likeness (QED) is 0.765. The van der Waals surface area contributed by atoms with E-state index in [2.05, 4.69) is 5.32 Å². The van der Waals surface area contributed by atoms with E-state index in [9.17, 15) is 4.39 Å². The average molecular weight is 219 g/mol. The maximum absolute atomic E-state index is 13.2. The van der Waals surface area contributed by atoms with Crippen LogP contribution in [0, 0.1) is 18.2 Å². The van der Waals surface area contributed by atoms with Gasteiger partial charge in [-0.25, -0.2) is 4.39 Å². The van der Waals surface area contributed by atoms with Crippen molar-refractivity contribution in [2.75, 3.05) is 13.1 Å². The first-order valence-corrected chi connectivity index (χ1v) is 6.15. The zero-order valence-corrected chi connectivity index (χ0v) is 9.72.